The first-order valence-electron chi connectivity index (χ1n) is 5.39. The number of rotatable bonds is 5. The highest BCUT2D eigenvalue weighted by atomic mass is 32.2. The molecule has 1 aromatic carbocycles. The van der Waals surface area contributed by atoms with Gasteiger partial charge in [0, 0.05) is 12.7 Å². The number of nitrogens with two attached hydrogens (primary N) is 1. The molecule has 0 heterocycles. The van der Waals surface area contributed by atoms with Gasteiger partial charge in [0.05, 0.1) is 6.61 Å². The van der Waals surface area contributed by atoms with Gasteiger partial charge in [0.2, 0.25) is 5.91 Å². The van der Waals surface area contributed by atoms with Crippen LogP contribution in [-0.4, -0.2) is 32.6 Å². The molecule has 0 bridgehead atoms. The third kappa shape index (κ3) is 6.28. The molecule has 0 saturated carbocycles. The molecule has 6 nitrogen and oxygen atoms in total. The molecule has 3 N–H and O–H groups in total. The molecule has 0 spiro atoms. The van der Waals surface area contributed by atoms with E-state index in [-0.39, 0.29) is 11.5 Å². The number of ether oxygens (including phenoxy) is 1. The molecule has 20 heavy (non-hydrogen) atoms. The Labute approximate surface area is 118 Å². The number of hydrogen-bond donors (Lipinski definition) is 2. The second kappa shape index (κ2) is 8.26. The second-order valence-corrected chi connectivity index (χ2v) is 5.01. The van der Waals surface area contributed by atoms with Crippen LogP contribution < -0.4 is 5.73 Å². The fourth-order valence-electron chi connectivity index (χ4n) is 1.13. The molecule has 0 aromatic heterocycles. The first-order valence-corrected chi connectivity index (χ1v) is 6.83. The first-order chi connectivity index (χ1) is 9.23. The molecule has 0 aliphatic heterocycles. The lowest BCUT2D eigenvalue weighted by Crippen LogP contribution is -2.16. The maximum absolute atomic E-state index is 10.7. The van der Waals surface area contributed by atoms with Gasteiger partial charge >= 0.3 is 0 Å². The highest BCUT2D eigenvalue weighted by molar-refractivity contribution is 7.85. The third-order valence-electron chi connectivity index (χ3n) is 2.08. The Kier molecular flexibility index (Phi) is 7.45. The molecule has 1 aromatic rings. The van der Waals surface area contributed by atoms with Crippen LogP contribution in [0.25, 0.3) is 6.08 Å². The lowest BCUT2D eigenvalue weighted by molar-refractivity contribution is -0.115. The van der Waals surface area contributed by atoms with E-state index in [1.165, 1.54) is 25.3 Å². The maximum atomic E-state index is 10.7. The van der Waals surface area contributed by atoms with E-state index in [0.717, 1.165) is 0 Å². The van der Waals surface area contributed by atoms with E-state index < -0.39 is 16.0 Å². The Morgan fingerprint density at radius 1 is 1.45 bits per heavy atom. The van der Waals surface area contributed by atoms with Gasteiger partial charge in [-0.05, 0) is 11.6 Å². The minimum atomic E-state index is -4.12. The predicted molar refractivity (Wildman–Crippen MR) is 76.6 cm³/mol. The van der Waals surface area contributed by atoms with Crippen LogP contribution in [0.5, 0.6) is 0 Å². The Morgan fingerprint density at radius 3 is 2.30 bits per heavy atom. The summed E-state index contributed by atoms with van der Waals surface area (Å²) in [7, 11) is -2.64. The van der Waals surface area contributed by atoms with Crippen molar-refractivity contribution in [1.82, 2.24) is 0 Å². The number of amides is 1. The second-order valence-electron chi connectivity index (χ2n) is 3.62. The van der Waals surface area contributed by atoms with Gasteiger partial charge in [-0.25, -0.2) is 0 Å². The van der Waals surface area contributed by atoms with E-state index in [1.807, 2.05) is 0 Å². The van der Waals surface area contributed by atoms with Crippen molar-refractivity contribution in [1.29, 1.82) is 0 Å². The highest BCUT2D eigenvalue weighted by Gasteiger charge is 2.11. The summed E-state index contributed by atoms with van der Waals surface area (Å²) in [5.41, 5.74) is 5.50. The average Bonchev–Trinajstić information content (AvgIpc) is 2.38. The van der Waals surface area contributed by atoms with E-state index >= 15 is 0 Å². The van der Waals surface area contributed by atoms with Crippen LogP contribution in [0.4, 0.5) is 0 Å². The number of primary amides is 1. The van der Waals surface area contributed by atoms with E-state index in [0.29, 0.717) is 11.1 Å². The quantitative estimate of drug-likeness (QED) is 0.628. The Morgan fingerprint density at radius 2 is 2.00 bits per heavy atom. The zero-order chi connectivity index (χ0) is 15.8. The summed E-state index contributed by atoms with van der Waals surface area (Å²) in [6, 6.07) is 6.10. The van der Waals surface area contributed by atoms with Gasteiger partial charge in [0.25, 0.3) is 10.1 Å². The topological polar surface area (TPSA) is 107 Å². The highest BCUT2D eigenvalue weighted by Crippen LogP contribution is 2.15. The summed E-state index contributed by atoms with van der Waals surface area (Å²) in [5.74, 6) is -0.508. The third-order valence-corrected chi connectivity index (χ3v) is 3.01. The molecule has 0 atom stereocenters. The number of carbonyl (C=O) groups is 1. The van der Waals surface area contributed by atoms with Crippen LogP contribution >= 0.6 is 0 Å². The Balaban J connectivity index is 0.000000396. The maximum Gasteiger partial charge on any atom is 0.295 e. The Hall–Kier alpha value is -1.96. The summed E-state index contributed by atoms with van der Waals surface area (Å²) >= 11 is 0. The number of hydrogen-bond acceptors (Lipinski definition) is 4. The van der Waals surface area contributed by atoms with E-state index in [9.17, 15) is 13.2 Å². The van der Waals surface area contributed by atoms with Crippen LogP contribution in [-0.2, 0) is 19.6 Å². The summed E-state index contributed by atoms with van der Waals surface area (Å²) in [4.78, 5) is 10.0. The fraction of sp³-hybridized carbons (Fsp3) is 0.154. The molecule has 110 valence electrons. The van der Waals surface area contributed by atoms with Crippen molar-refractivity contribution in [2.75, 3.05) is 13.7 Å². The molecule has 0 unspecified atom stereocenters. The van der Waals surface area contributed by atoms with Gasteiger partial charge < -0.3 is 10.5 Å². The minimum Gasteiger partial charge on any atom is -0.380 e. The van der Waals surface area contributed by atoms with Crippen molar-refractivity contribution in [3.05, 3.63) is 48.6 Å². The largest absolute Gasteiger partial charge is 0.380 e. The van der Waals surface area contributed by atoms with Gasteiger partial charge in [0.1, 0.15) is 4.90 Å². The van der Waals surface area contributed by atoms with Gasteiger partial charge in [-0.3, -0.25) is 9.35 Å². The zero-order valence-corrected chi connectivity index (χ0v) is 11.9. The predicted octanol–water partition coefficient (Wildman–Crippen LogP) is 1.25. The molecule has 0 fully saturated rings. The lowest BCUT2D eigenvalue weighted by Gasteiger charge is -2.00. The lowest BCUT2D eigenvalue weighted by atomic mass is 10.2. The molecule has 0 aliphatic carbocycles. The molecular formula is C13H17NO5S. The smallest absolute Gasteiger partial charge is 0.295 e. The molecule has 0 radical (unpaired) electrons. The fourth-order valence-corrected chi connectivity index (χ4v) is 1.83. The van der Waals surface area contributed by atoms with Gasteiger partial charge in [-0.1, -0.05) is 37.4 Å². The molecule has 0 aliphatic rings. The van der Waals surface area contributed by atoms with Crippen molar-refractivity contribution in [3.8, 4) is 0 Å². The van der Waals surface area contributed by atoms with Crippen LogP contribution in [0.1, 0.15) is 5.56 Å². The van der Waals surface area contributed by atoms with Crippen molar-refractivity contribution in [2.45, 2.75) is 4.90 Å². The summed E-state index contributed by atoms with van der Waals surface area (Å²) < 4.78 is 34.7. The average molecular weight is 299 g/mol. The van der Waals surface area contributed by atoms with Crippen molar-refractivity contribution in [3.63, 3.8) is 0 Å². The molecule has 0 saturated heterocycles. The summed E-state index contributed by atoms with van der Waals surface area (Å²) in [6.07, 6.45) is 1.38. The number of methoxy groups -OCH3 is 1. The van der Waals surface area contributed by atoms with Crippen molar-refractivity contribution in [2.24, 2.45) is 5.73 Å². The number of benzene rings is 1. The van der Waals surface area contributed by atoms with E-state index in [2.05, 4.69) is 17.9 Å². The normalized spacial score (nSPS) is 10.1. The molecular weight excluding hydrogens is 282 g/mol. The van der Waals surface area contributed by atoms with Crippen LogP contribution in [0.15, 0.2) is 47.9 Å². The first kappa shape index (κ1) is 18.0. The standard InChI is InChI=1S/C8H8O3S.C5H9NO2/c1-2-7-5-3-4-6-8(7)12(9,10)11;1-4(3-8-2)5(6)7/h2-6H,1H2,(H,9,10,11);1,3H2,2H3,(H2,6,7). The van der Waals surface area contributed by atoms with Crippen molar-refractivity contribution >= 4 is 22.1 Å². The Bertz CT molecular complexity index is 593. The SMILES string of the molecule is C=C(COC)C(N)=O.C=Cc1ccccc1S(=O)(=O)O. The zero-order valence-electron chi connectivity index (χ0n) is 11.1. The van der Waals surface area contributed by atoms with Gasteiger partial charge in [-0.15, -0.1) is 0 Å². The van der Waals surface area contributed by atoms with Gasteiger partial charge in [-0.2, -0.15) is 8.42 Å². The van der Waals surface area contributed by atoms with Crippen LogP contribution in [0, 0.1) is 0 Å². The van der Waals surface area contributed by atoms with Gasteiger partial charge in [0.15, 0.2) is 0 Å². The monoisotopic (exact) mass is 299 g/mol. The minimum absolute atomic E-state index is 0.111. The van der Waals surface area contributed by atoms with E-state index in [4.69, 9.17) is 10.3 Å². The van der Waals surface area contributed by atoms with Crippen LogP contribution in [0.2, 0.25) is 0 Å². The van der Waals surface area contributed by atoms with Crippen molar-refractivity contribution < 1.29 is 22.5 Å². The molecule has 1 amide bonds. The summed E-state index contributed by atoms with van der Waals surface area (Å²) in [5, 5.41) is 0. The summed E-state index contributed by atoms with van der Waals surface area (Å²) in [6.45, 7) is 6.99. The molecule has 7 heteroatoms. The number of carbonyl (C=O) groups excluding carboxylic acids is 1. The van der Waals surface area contributed by atoms with E-state index in [1.54, 1.807) is 12.1 Å². The molecule has 1 rings (SSSR count). The van der Waals surface area contributed by atoms with Crippen LogP contribution in [0.3, 0.4) is 0 Å².